The predicted molar refractivity (Wildman–Crippen MR) is 91.5 cm³/mol. The van der Waals surface area contributed by atoms with Gasteiger partial charge in [-0.25, -0.2) is 0 Å². The molecule has 4 heteroatoms. The molecular formula is C19H28N2O2. The molecule has 0 spiro atoms. The van der Waals surface area contributed by atoms with Gasteiger partial charge < -0.3 is 9.64 Å². The van der Waals surface area contributed by atoms with Crippen LogP contribution in [0.15, 0.2) is 30.3 Å². The highest BCUT2D eigenvalue weighted by molar-refractivity contribution is 5.79. The Labute approximate surface area is 139 Å². The third-order valence-corrected chi connectivity index (χ3v) is 4.94. The van der Waals surface area contributed by atoms with Crippen LogP contribution in [0.4, 0.5) is 0 Å². The van der Waals surface area contributed by atoms with E-state index in [2.05, 4.69) is 9.80 Å². The summed E-state index contributed by atoms with van der Waals surface area (Å²) >= 11 is 0. The second kappa shape index (κ2) is 8.34. The van der Waals surface area contributed by atoms with Crippen molar-refractivity contribution in [3.8, 4) is 5.75 Å². The number of rotatable bonds is 5. The Balaban J connectivity index is 1.43. The van der Waals surface area contributed by atoms with E-state index in [1.54, 1.807) is 0 Å². The normalized spacial score (nSPS) is 22.8. The van der Waals surface area contributed by atoms with Gasteiger partial charge >= 0.3 is 0 Å². The van der Waals surface area contributed by atoms with E-state index < -0.39 is 0 Å². The molecule has 1 atom stereocenters. The minimum Gasteiger partial charge on any atom is -0.492 e. The first-order valence-electron chi connectivity index (χ1n) is 9.02. The van der Waals surface area contributed by atoms with Crippen molar-refractivity contribution in [1.82, 2.24) is 9.80 Å². The summed E-state index contributed by atoms with van der Waals surface area (Å²) in [5.74, 6) is 1.50. The predicted octanol–water partition coefficient (Wildman–Crippen LogP) is 2.79. The summed E-state index contributed by atoms with van der Waals surface area (Å²) in [4.78, 5) is 17.1. The molecule has 0 aliphatic carbocycles. The van der Waals surface area contributed by atoms with Crippen molar-refractivity contribution in [2.24, 2.45) is 5.92 Å². The van der Waals surface area contributed by atoms with Gasteiger partial charge in [-0.3, -0.25) is 9.69 Å². The van der Waals surface area contributed by atoms with Gasteiger partial charge in [-0.1, -0.05) is 18.2 Å². The number of nitrogens with zero attached hydrogens (tertiary/aromatic N) is 2. The van der Waals surface area contributed by atoms with Crippen molar-refractivity contribution in [2.45, 2.75) is 32.1 Å². The number of carbonyl (C=O) groups excluding carboxylic acids is 1. The number of carbonyl (C=O) groups is 1. The maximum Gasteiger partial charge on any atom is 0.226 e. The number of hydrogen-bond donors (Lipinski definition) is 0. The van der Waals surface area contributed by atoms with Crippen LogP contribution in [-0.2, 0) is 4.79 Å². The smallest absolute Gasteiger partial charge is 0.226 e. The molecule has 23 heavy (non-hydrogen) atoms. The van der Waals surface area contributed by atoms with E-state index in [0.29, 0.717) is 12.5 Å². The molecule has 1 amide bonds. The van der Waals surface area contributed by atoms with Crippen molar-refractivity contribution >= 4 is 5.91 Å². The standard InChI is InChI=1S/C19H28N2O2/c22-19(21-12-5-2-6-13-21)17-8-7-11-20(16-17)14-15-23-18-9-3-1-4-10-18/h1,3-4,9-10,17H,2,5-8,11-16H2. The molecule has 2 aliphatic heterocycles. The van der Waals surface area contributed by atoms with Gasteiger partial charge in [0.2, 0.25) is 5.91 Å². The van der Waals surface area contributed by atoms with Crippen LogP contribution in [0.3, 0.4) is 0 Å². The first-order valence-corrected chi connectivity index (χ1v) is 9.02. The Morgan fingerprint density at radius 3 is 2.61 bits per heavy atom. The maximum atomic E-state index is 12.7. The third kappa shape index (κ3) is 4.71. The first kappa shape index (κ1) is 16.3. The maximum absolute atomic E-state index is 12.7. The Kier molecular flexibility index (Phi) is 5.92. The molecule has 126 valence electrons. The average molecular weight is 316 g/mol. The number of ether oxygens (including phenoxy) is 1. The fourth-order valence-electron chi connectivity index (χ4n) is 3.64. The molecule has 2 fully saturated rings. The lowest BCUT2D eigenvalue weighted by molar-refractivity contribution is -0.138. The van der Waals surface area contributed by atoms with Crippen molar-refractivity contribution in [3.63, 3.8) is 0 Å². The zero-order chi connectivity index (χ0) is 15.9. The summed E-state index contributed by atoms with van der Waals surface area (Å²) in [5, 5.41) is 0. The number of benzene rings is 1. The van der Waals surface area contributed by atoms with Crippen LogP contribution in [0.5, 0.6) is 5.75 Å². The van der Waals surface area contributed by atoms with E-state index in [4.69, 9.17) is 4.74 Å². The molecule has 1 aromatic carbocycles. The Morgan fingerprint density at radius 2 is 1.83 bits per heavy atom. The van der Waals surface area contributed by atoms with Crippen LogP contribution >= 0.6 is 0 Å². The lowest BCUT2D eigenvalue weighted by atomic mass is 9.95. The van der Waals surface area contributed by atoms with Crippen LogP contribution in [-0.4, -0.2) is 55.0 Å². The van der Waals surface area contributed by atoms with E-state index >= 15 is 0 Å². The van der Waals surface area contributed by atoms with Gasteiger partial charge in [0.25, 0.3) is 0 Å². The molecule has 0 N–H and O–H groups in total. The van der Waals surface area contributed by atoms with Crippen molar-refractivity contribution < 1.29 is 9.53 Å². The molecule has 0 radical (unpaired) electrons. The quantitative estimate of drug-likeness (QED) is 0.837. The minimum atomic E-state index is 0.193. The summed E-state index contributed by atoms with van der Waals surface area (Å²) in [5.41, 5.74) is 0. The summed E-state index contributed by atoms with van der Waals surface area (Å²) in [7, 11) is 0. The summed E-state index contributed by atoms with van der Waals surface area (Å²) in [6, 6.07) is 9.94. The van der Waals surface area contributed by atoms with Gasteiger partial charge in [-0.2, -0.15) is 0 Å². The Bertz CT molecular complexity index is 485. The topological polar surface area (TPSA) is 32.8 Å². The first-order chi connectivity index (χ1) is 11.3. The summed E-state index contributed by atoms with van der Waals surface area (Å²) < 4.78 is 5.78. The van der Waals surface area contributed by atoms with Crippen LogP contribution in [0.1, 0.15) is 32.1 Å². The molecule has 0 bridgehead atoms. The fourth-order valence-corrected chi connectivity index (χ4v) is 3.64. The molecule has 1 unspecified atom stereocenters. The molecule has 0 aromatic heterocycles. The van der Waals surface area contributed by atoms with E-state index in [9.17, 15) is 4.79 Å². The highest BCUT2D eigenvalue weighted by atomic mass is 16.5. The lowest BCUT2D eigenvalue weighted by Crippen LogP contribution is -2.47. The van der Waals surface area contributed by atoms with Gasteiger partial charge in [0.1, 0.15) is 12.4 Å². The summed E-state index contributed by atoms with van der Waals surface area (Å²) in [6.07, 6.45) is 5.79. The minimum absolute atomic E-state index is 0.193. The van der Waals surface area contributed by atoms with Crippen LogP contribution in [0, 0.1) is 5.92 Å². The molecule has 2 heterocycles. The number of hydrogen-bond acceptors (Lipinski definition) is 3. The van der Waals surface area contributed by atoms with Gasteiger partial charge in [0.15, 0.2) is 0 Å². The SMILES string of the molecule is O=C(C1CCCN(CCOc2ccccc2)C1)N1CCCCC1. The van der Waals surface area contributed by atoms with Crippen molar-refractivity contribution in [2.75, 3.05) is 39.3 Å². The van der Waals surface area contributed by atoms with Crippen molar-refractivity contribution in [1.29, 1.82) is 0 Å². The molecule has 3 rings (SSSR count). The Hall–Kier alpha value is -1.55. The number of likely N-dealkylation sites (tertiary alicyclic amines) is 2. The van der Waals surface area contributed by atoms with E-state index in [0.717, 1.165) is 51.3 Å². The van der Waals surface area contributed by atoms with Crippen LogP contribution < -0.4 is 4.74 Å². The van der Waals surface area contributed by atoms with Gasteiger partial charge in [-0.05, 0) is 50.8 Å². The zero-order valence-corrected chi connectivity index (χ0v) is 14.0. The van der Waals surface area contributed by atoms with Crippen LogP contribution in [0.25, 0.3) is 0 Å². The third-order valence-electron chi connectivity index (χ3n) is 4.94. The van der Waals surface area contributed by atoms with Crippen molar-refractivity contribution in [3.05, 3.63) is 30.3 Å². The summed E-state index contributed by atoms with van der Waals surface area (Å²) in [6.45, 7) is 5.50. The van der Waals surface area contributed by atoms with E-state index in [-0.39, 0.29) is 5.92 Å². The fraction of sp³-hybridized carbons (Fsp3) is 0.632. The molecule has 0 saturated carbocycles. The van der Waals surface area contributed by atoms with Gasteiger partial charge in [-0.15, -0.1) is 0 Å². The number of amides is 1. The molecule has 2 saturated heterocycles. The zero-order valence-electron chi connectivity index (χ0n) is 14.0. The highest BCUT2D eigenvalue weighted by Gasteiger charge is 2.29. The lowest BCUT2D eigenvalue weighted by Gasteiger charge is -2.36. The number of para-hydroxylation sites is 1. The second-order valence-electron chi connectivity index (χ2n) is 6.69. The van der Waals surface area contributed by atoms with Crippen LogP contribution in [0.2, 0.25) is 0 Å². The largest absolute Gasteiger partial charge is 0.492 e. The van der Waals surface area contributed by atoms with E-state index in [1.165, 1.54) is 19.3 Å². The number of piperidine rings is 2. The molecule has 2 aliphatic rings. The second-order valence-corrected chi connectivity index (χ2v) is 6.69. The molecular weight excluding hydrogens is 288 g/mol. The molecule has 1 aromatic rings. The average Bonchev–Trinajstić information content (AvgIpc) is 2.63. The van der Waals surface area contributed by atoms with Gasteiger partial charge in [0, 0.05) is 26.2 Å². The monoisotopic (exact) mass is 316 g/mol. The van der Waals surface area contributed by atoms with E-state index in [1.807, 2.05) is 30.3 Å². The highest BCUT2D eigenvalue weighted by Crippen LogP contribution is 2.21. The Morgan fingerprint density at radius 1 is 1.04 bits per heavy atom. The molecule has 4 nitrogen and oxygen atoms in total. The van der Waals surface area contributed by atoms with Gasteiger partial charge in [0.05, 0.1) is 5.92 Å².